The first kappa shape index (κ1) is 23.3. The van der Waals surface area contributed by atoms with Gasteiger partial charge in [-0.25, -0.2) is 4.79 Å². The molecule has 0 aliphatic heterocycles. The number of carbonyl (C=O) groups is 3. The normalized spacial score (nSPS) is 14.1. The van der Waals surface area contributed by atoms with E-state index in [1.54, 1.807) is 6.92 Å². The van der Waals surface area contributed by atoms with Crippen LogP contribution in [0, 0.1) is 0 Å². The van der Waals surface area contributed by atoms with E-state index in [4.69, 9.17) is 14.6 Å². The zero-order valence-corrected chi connectivity index (χ0v) is 18.2. The van der Waals surface area contributed by atoms with E-state index < -0.39 is 30.1 Å². The molecule has 0 spiro atoms. The number of alkyl carbamates (subject to hydrolysis) is 1. The fourth-order valence-electron chi connectivity index (χ4n) is 3.94. The van der Waals surface area contributed by atoms with Crippen LogP contribution >= 0.6 is 0 Å². The predicted octanol–water partition coefficient (Wildman–Crippen LogP) is 2.91. The number of carboxylic acids is 1. The summed E-state index contributed by atoms with van der Waals surface area (Å²) in [6.07, 6.45) is -0.495. The van der Waals surface area contributed by atoms with Crippen LogP contribution in [-0.4, -0.2) is 55.5 Å². The summed E-state index contributed by atoms with van der Waals surface area (Å²) in [6, 6.07) is 14.5. The minimum Gasteiger partial charge on any atom is -0.481 e. The van der Waals surface area contributed by atoms with Crippen LogP contribution in [0.2, 0.25) is 0 Å². The first-order valence-electron chi connectivity index (χ1n) is 10.6. The predicted molar refractivity (Wildman–Crippen MR) is 118 cm³/mol. The summed E-state index contributed by atoms with van der Waals surface area (Å²) in [6.45, 7) is 1.83. The van der Waals surface area contributed by atoms with Gasteiger partial charge in [0.25, 0.3) is 0 Å². The Morgan fingerprint density at radius 2 is 1.59 bits per heavy atom. The van der Waals surface area contributed by atoms with E-state index in [2.05, 4.69) is 22.8 Å². The second-order valence-electron chi connectivity index (χ2n) is 7.69. The summed E-state index contributed by atoms with van der Waals surface area (Å²) in [7, 11) is 1.41. The first-order valence-corrected chi connectivity index (χ1v) is 10.6. The van der Waals surface area contributed by atoms with E-state index in [9.17, 15) is 14.4 Å². The molecule has 1 aliphatic carbocycles. The molecule has 0 saturated heterocycles. The second-order valence-corrected chi connectivity index (χ2v) is 7.69. The van der Waals surface area contributed by atoms with Crippen LogP contribution in [0.25, 0.3) is 11.1 Å². The zero-order valence-electron chi connectivity index (χ0n) is 18.2. The van der Waals surface area contributed by atoms with E-state index in [0.717, 1.165) is 22.3 Å². The van der Waals surface area contributed by atoms with E-state index in [1.165, 1.54) is 7.11 Å². The number of amides is 2. The van der Waals surface area contributed by atoms with Crippen molar-refractivity contribution < 1.29 is 29.0 Å². The number of nitrogens with one attached hydrogen (secondary N) is 2. The Labute approximate surface area is 186 Å². The third kappa shape index (κ3) is 5.45. The molecule has 3 rings (SSSR count). The van der Waals surface area contributed by atoms with Crippen LogP contribution in [0.1, 0.15) is 36.8 Å². The lowest BCUT2D eigenvalue weighted by Gasteiger charge is -2.22. The molecule has 1 aliphatic rings. The molecule has 0 heterocycles. The minimum absolute atomic E-state index is 0.0699. The number of ether oxygens (including phenoxy) is 2. The highest BCUT2D eigenvalue weighted by atomic mass is 16.5. The van der Waals surface area contributed by atoms with Gasteiger partial charge in [0, 0.05) is 19.1 Å². The van der Waals surface area contributed by atoms with Crippen molar-refractivity contribution in [1.82, 2.24) is 10.6 Å². The monoisotopic (exact) mass is 440 g/mol. The number of carboxylic acid groups (broad SMARTS) is 1. The quantitative estimate of drug-likeness (QED) is 0.524. The van der Waals surface area contributed by atoms with Crippen molar-refractivity contribution >= 4 is 18.0 Å². The molecule has 2 amide bonds. The van der Waals surface area contributed by atoms with E-state index in [0.29, 0.717) is 6.42 Å². The van der Waals surface area contributed by atoms with E-state index >= 15 is 0 Å². The average molecular weight is 440 g/mol. The molecular formula is C24H28N2O6. The Balaban J connectivity index is 1.62. The number of hydrogen-bond donors (Lipinski definition) is 3. The maximum absolute atomic E-state index is 12.6. The Hall–Kier alpha value is -3.39. The van der Waals surface area contributed by atoms with Gasteiger partial charge < -0.3 is 25.2 Å². The number of benzene rings is 2. The lowest BCUT2D eigenvalue weighted by atomic mass is 9.98. The van der Waals surface area contributed by atoms with Gasteiger partial charge in [0.2, 0.25) is 5.91 Å². The van der Waals surface area contributed by atoms with Gasteiger partial charge >= 0.3 is 12.1 Å². The molecular weight excluding hydrogens is 412 g/mol. The van der Waals surface area contributed by atoms with Crippen LogP contribution in [0.15, 0.2) is 48.5 Å². The van der Waals surface area contributed by atoms with Gasteiger partial charge in [-0.2, -0.15) is 0 Å². The van der Waals surface area contributed by atoms with Gasteiger partial charge in [-0.15, -0.1) is 0 Å². The van der Waals surface area contributed by atoms with Gasteiger partial charge in [0.05, 0.1) is 13.0 Å². The summed E-state index contributed by atoms with van der Waals surface area (Å²) in [5, 5.41) is 14.1. The molecule has 2 unspecified atom stereocenters. The van der Waals surface area contributed by atoms with Crippen LogP contribution in [0.3, 0.4) is 0 Å². The van der Waals surface area contributed by atoms with Gasteiger partial charge in [-0.05, 0) is 28.7 Å². The molecule has 0 saturated carbocycles. The number of carbonyl (C=O) groups excluding carboxylic acids is 2. The molecule has 0 bridgehead atoms. The van der Waals surface area contributed by atoms with Crippen molar-refractivity contribution in [2.75, 3.05) is 20.3 Å². The maximum atomic E-state index is 12.6. The van der Waals surface area contributed by atoms with E-state index in [1.807, 2.05) is 36.4 Å². The smallest absolute Gasteiger partial charge is 0.407 e. The standard InChI is InChI=1S/C24H28N2O6/c1-3-15(12-22(27)28)25-23(29)21(14-31-2)26-24(30)32-13-20-18-10-6-4-8-16(18)17-9-5-7-11-19(17)20/h4-11,15,20-21H,3,12-14H2,1-2H3,(H,25,29)(H,26,30)(H,27,28). The van der Waals surface area contributed by atoms with Gasteiger partial charge in [-0.1, -0.05) is 55.5 Å². The van der Waals surface area contributed by atoms with Crippen molar-refractivity contribution in [3.8, 4) is 11.1 Å². The van der Waals surface area contributed by atoms with Crippen molar-refractivity contribution in [2.45, 2.75) is 37.8 Å². The summed E-state index contributed by atoms with van der Waals surface area (Å²) < 4.78 is 10.5. The molecule has 8 heteroatoms. The molecule has 0 radical (unpaired) electrons. The van der Waals surface area contributed by atoms with Gasteiger partial charge in [-0.3, -0.25) is 9.59 Å². The zero-order chi connectivity index (χ0) is 23.1. The Kier molecular flexibility index (Phi) is 7.83. The second kappa shape index (κ2) is 10.8. The average Bonchev–Trinajstić information content (AvgIpc) is 3.10. The van der Waals surface area contributed by atoms with E-state index in [-0.39, 0.29) is 25.6 Å². The Morgan fingerprint density at radius 1 is 1.00 bits per heavy atom. The molecule has 0 fully saturated rings. The molecule has 170 valence electrons. The molecule has 0 aromatic heterocycles. The summed E-state index contributed by atoms with van der Waals surface area (Å²) >= 11 is 0. The highest BCUT2D eigenvalue weighted by Gasteiger charge is 2.30. The van der Waals surface area contributed by atoms with Crippen molar-refractivity contribution in [2.24, 2.45) is 0 Å². The van der Waals surface area contributed by atoms with Gasteiger partial charge in [0.15, 0.2) is 0 Å². The Morgan fingerprint density at radius 3 is 2.12 bits per heavy atom. The minimum atomic E-state index is -1.01. The summed E-state index contributed by atoms with van der Waals surface area (Å²) in [5.74, 6) is -1.62. The SMILES string of the molecule is CCC(CC(=O)O)NC(=O)C(COC)NC(=O)OCC1c2ccccc2-c2ccccc21. The van der Waals surface area contributed by atoms with Crippen molar-refractivity contribution in [1.29, 1.82) is 0 Å². The Bertz CT molecular complexity index is 931. The fourth-order valence-corrected chi connectivity index (χ4v) is 3.94. The van der Waals surface area contributed by atoms with Crippen molar-refractivity contribution in [3.63, 3.8) is 0 Å². The summed E-state index contributed by atoms with van der Waals surface area (Å²) in [5.41, 5.74) is 4.43. The highest BCUT2D eigenvalue weighted by molar-refractivity contribution is 5.86. The lowest BCUT2D eigenvalue weighted by Crippen LogP contribution is -2.52. The third-order valence-electron chi connectivity index (χ3n) is 5.55. The number of rotatable bonds is 10. The number of fused-ring (bicyclic) bond motifs is 3. The molecule has 8 nitrogen and oxygen atoms in total. The first-order chi connectivity index (χ1) is 15.4. The highest BCUT2D eigenvalue weighted by Crippen LogP contribution is 2.44. The van der Waals surface area contributed by atoms with Crippen molar-refractivity contribution in [3.05, 3.63) is 59.7 Å². The number of methoxy groups -OCH3 is 1. The fraction of sp³-hybridized carbons (Fsp3) is 0.375. The van der Waals surface area contributed by atoms with Gasteiger partial charge in [0.1, 0.15) is 12.6 Å². The molecule has 2 aromatic carbocycles. The van der Waals surface area contributed by atoms with Crippen LogP contribution in [0.4, 0.5) is 4.79 Å². The van der Waals surface area contributed by atoms with Crippen LogP contribution in [-0.2, 0) is 19.1 Å². The third-order valence-corrected chi connectivity index (χ3v) is 5.55. The number of hydrogen-bond acceptors (Lipinski definition) is 5. The molecule has 3 N–H and O–H groups in total. The number of aliphatic carboxylic acids is 1. The molecule has 32 heavy (non-hydrogen) atoms. The molecule has 2 atom stereocenters. The molecule has 2 aromatic rings. The summed E-state index contributed by atoms with van der Waals surface area (Å²) in [4.78, 5) is 36.0. The topological polar surface area (TPSA) is 114 Å². The van der Waals surface area contributed by atoms with Crippen LogP contribution < -0.4 is 10.6 Å². The van der Waals surface area contributed by atoms with Crippen LogP contribution in [0.5, 0.6) is 0 Å². The lowest BCUT2D eigenvalue weighted by molar-refractivity contribution is -0.137. The maximum Gasteiger partial charge on any atom is 0.407 e. The largest absolute Gasteiger partial charge is 0.481 e.